The Morgan fingerprint density at radius 3 is 2.22 bits per heavy atom. The number of carboxylic acids is 1. The molecule has 0 heterocycles. The Morgan fingerprint density at radius 2 is 1.67 bits per heavy atom. The van der Waals surface area contributed by atoms with Gasteiger partial charge in [0.25, 0.3) is 0 Å². The van der Waals surface area contributed by atoms with Crippen LogP contribution in [0.15, 0.2) is 12.1 Å². The molecule has 0 spiro atoms. The molecule has 3 N–H and O–H groups in total. The van der Waals surface area contributed by atoms with Crippen LogP contribution in [0.1, 0.15) is 59.4 Å². The molecule has 2 unspecified atom stereocenters. The average Bonchev–Trinajstić information content (AvgIpc) is 2.59. The van der Waals surface area contributed by atoms with Gasteiger partial charge >= 0.3 is 5.97 Å². The highest BCUT2D eigenvalue weighted by Crippen LogP contribution is 2.39. The third-order valence-corrected chi connectivity index (χ3v) is 4.45. The summed E-state index contributed by atoms with van der Waals surface area (Å²) in [6, 6.07) is 3.81. The molecule has 154 valence electrons. The lowest BCUT2D eigenvalue weighted by Gasteiger charge is -2.24. The zero-order chi connectivity index (χ0) is 20.4. The van der Waals surface area contributed by atoms with Crippen LogP contribution in [0.4, 0.5) is 0 Å². The van der Waals surface area contributed by atoms with Crippen LogP contribution in [0.3, 0.4) is 0 Å². The summed E-state index contributed by atoms with van der Waals surface area (Å²) in [5, 5.41) is 9.19. The van der Waals surface area contributed by atoms with Gasteiger partial charge in [-0.05, 0) is 65.0 Å². The van der Waals surface area contributed by atoms with E-state index in [2.05, 4.69) is 0 Å². The first-order chi connectivity index (χ1) is 12.8. The molecule has 1 aromatic rings. The van der Waals surface area contributed by atoms with E-state index in [1.165, 1.54) is 0 Å². The molecule has 1 aromatic carbocycles. The number of ether oxygens (including phenoxy) is 3. The second-order valence-corrected chi connectivity index (χ2v) is 7.09. The number of aliphatic carboxylic acids is 1. The maximum absolute atomic E-state index is 11.2. The van der Waals surface area contributed by atoms with Gasteiger partial charge in [-0.3, -0.25) is 4.79 Å². The largest absolute Gasteiger partial charge is 0.493 e. The van der Waals surface area contributed by atoms with Crippen LogP contribution < -0.4 is 19.9 Å². The number of rotatable bonds is 13. The highest BCUT2D eigenvalue weighted by atomic mass is 16.5. The molecule has 0 aliphatic carbocycles. The molecule has 0 saturated carbocycles. The minimum atomic E-state index is -1.19. The number of carbonyl (C=O) groups is 1. The van der Waals surface area contributed by atoms with Gasteiger partial charge in [-0.15, -0.1) is 0 Å². The van der Waals surface area contributed by atoms with Gasteiger partial charge in [-0.2, -0.15) is 0 Å². The van der Waals surface area contributed by atoms with Crippen molar-refractivity contribution < 1.29 is 24.1 Å². The van der Waals surface area contributed by atoms with E-state index in [9.17, 15) is 9.90 Å². The molecule has 0 aromatic heterocycles. The van der Waals surface area contributed by atoms with E-state index < -0.39 is 11.5 Å². The predicted octanol–water partition coefficient (Wildman–Crippen LogP) is 4.03. The normalized spacial score (nSPS) is 14.3. The number of hydrogen-bond donors (Lipinski definition) is 2. The second-order valence-electron chi connectivity index (χ2n) is 7.09. The molecule has 0 bridgehead atoms. The van der Waals surface area contributed by atoms with Gasteiger partial charge in [-0.25, -0.2) is 0 Å². The van der Waals surface area contributed by atoms with E-state index in [0.29, 0.717) is 26.2 Å². The Kier molecular flexibility index (Phi) is 9.43. The molecular weight excluding hydrogens is 346 g/mol. The Balaban J connectivity index is 2.90. The number of carboxylic acid groups (broad SMARTS) is 1. The minimum Gasteiger partial charge on any atom is -0.493 e. The maximum atomic E-state index is 11.2. The molecule has 27 heavy (non-hydrogen) atoms. The highest BCUT2D eigenvalue weighted by Gasteiger charge is 2.29. The lowest BCUT2D eigenvalue weighted by molar-refractivity contribution is -0.143. The fourth-order valence-electron chi connectivity index (χ4n) is 3.23. The molecule has 0 fully saturated rings. The van der Waals surface area contributed by atoms with E-state index in [4.69, 9.17) is 19.9 Å². The first-order valence-electron chi connectivity index (χ1n) is 9.83. The van der Waals surface area contributed by atoms with Crippen LogP contribution in [0.2, 0.25) is 0 Å². The van der Waals surface area contributed by atoms with Crippen molar-refractivity contribution in [2.45, 2.75) is 65.8 Å². The third kappa shape index (κ3) is 6.94. The van der Waals surface area contributed by atoms with Crippen molar-refractivity contribution in [1.82, 2.24) is 0 Å². The summed E-state index contributed by atoms with van der Waals surface area (Å²) in [4.78, 5) is 11.2. The molecule has 6 heteroatoms. The molecule has 0 amide bonds. The van der Waals surface area contributed by atoms with Crippen LogP contribution in [0.5, 0.6) is 17.2 Å². The van der Waals surface area contributed by atoms with Gasteiger partial charge < -0.3 is 25.1 Å². The number of benzene rings is 1. The Bertz CT molecular complexity index is 600. The maximum Gasteiger partial charge on any atom is 0.323 e. The Hall–Kier alpha value is -1.95. The zero-order valence-corrected chi connectivity index (χ0v) is 17.3. The van der Waals surface area contributed by atoms with Gasteiger partial charge in [0, 0.05) is 5.56 Å². The van der Waals surface area contributed by atoms with E-state index >= 15 is 0 Å². The minimum absolute atomic E-state index is 0.206. The van der Waals surface area contributed by atoms with Gasteiger partial charge in [0.15, 0.2) is 11.5 Å². The summed E-state index contributed by atoms with van der Waals surface area (Å²) in [6.07, 6.45) is 2.96. The van der Waals surface area contributed by atoms with Gasteiger partial charge in [0.05, 0.1) is 19.8 Å². The zero-order valence-electron chi connectivity index (χ0n) is 17.3. The van der Waals surface area contributed by atoms with Crippen molar-refractivity contribution in [2.75, 3.05) is 19.8 Å². The lowest BCUT2D eigenvalue weighted by atomic mass is 9.87. The van der Waals surface area contributed by atoms with Gasteiger partial charge in [-0.1, -0.05) is 13.3 Å². The summed E-state index contributed by atoms with van der Waals surface area (Å²) in [6.45, 7) is 11.1. The smallest absolute Gasteiger partial charge is 0.323 e. The quantitative estimate of drug-likeness (QED) is 0.536. The molecule has 2 atom stereocenters. The number of nitrogens with two attached hydrogens (primary N) is 1. The monoisotopic (exact) mass is 381 g/mol. The molecule has 6 nitrogen and oxygen atoms in total. The standard InChI is InChI=1S/C21H35NO5/c1-6-25-17-12-13-18(26-7-2)19(27-8-3)16(17)11-9-10-15(4)14-21(5,22)20(23)24/h12-13,15H,6-11,14,22H2,1-5H3,(H,23,24). The van der Waals surface area contributed by atoms with Crippen molar-refractivity contribution in [1.29, 1.82) is 0 Å². The fourth-order valence-corrected chi connectivity index (χ4v) is 3.23. The first kappa shape index (κ1) is 23.1. The summed E-state index contributed by atoms with van der Waals surface area (Å²) in [7, 11) is 0. The van der Waals surface area contributed by atoms with E-state index in [-0.39, 0.29) is 5.92 Å². The van der Waals surface area contributed by atoms with Crippen LogP contribution in [-0.4, -0.2) is 36.4 Å². The lowest BCUT2D eigenvalue weighted by Crippen LogP contribution is -2.46. The van der Waals surface area contributed by atoms with Crippen molar-refractivity contribution in [2.24, 2.45) is 11.7 Å². The topological polar surface area (TPSA) is 91.0 Å². The van der Waals surface area contributed by atoms with Crippen LogP contribution >= 0.6 is 0 Å². The highest BCUT2D eigenvalue weighted by molar-refractivity contribution is 5.77. The van der Waals surface area contributed by atoms with Crippen molar-refractivity contribution >= 4 is 5.97 Å². The van der Waals surface area contributed by atoms with Gasteiger partial charge in [0.1, 0.15) is 11.3 Å². The SMILES string of the molecule is CCOc1ccc(OCC)c(OCC)c1CCCC(C)CC(C)(N)C(=O)O. The molecule has 0 radical (unpaired) electrons. The molecule has 0 saturated heterocycles. The summed E-state index contributed by atoms with van der Waals surface area (Å²) < 4.78 is 17.4. The average molecular weight is 382 g/mol. The summed E-state index contributed by atoms with van der Waals surface area (Å²) >= 11 is 0. The van der Waals surface area contributed by atoms with E-state index in [1.807, 2.05) is 39.8 Å². The van der Waals surface area contributed by atoms with Crippen molar-refractivity contribution in [3.63, 3.8) is 0 Å². The molecule has 0 aliphatic rings. The molecular formula is C21H35NO5. The summed E-state index contributed by atoms with van der Waals surface area (Å²) in [5.41, 5.74) is 5.68. The van der Waals surface area contributed by atoms with Crippen LogP contribution in [-0.2, 0) is 11.2 Å². The van der Waals surface area contributed by atoms with Crippen molar-refractivity contribution in [3.05, 3.63) is 17.7 Å². The fraction of sp³-hybridized carbons (Fsp3) is 0.667. The van der Waals surface area contributed by atoms with Gasteiger partial charge in [0.2, 0.25) is 0 Å². The van der Waals surface area contributed by atoms with E-state index in [1.54, 1.807) is 6.92 Å². The Labute approximate surface area is 163 Å². The van der Waals surface area contributed by atoms with E-state index in [0.717, 1.165) is 42.1 Å². The second kappa shape index (κ2) is 11.0. The van der Waals surface area contributed by atoms with Crippen molar-refractivity contribution in [3.8, 4) is 17.2 Å². The Morgan fingerprint density at radius 1 is 1.11 bits per heavy atom. The van der Waals surface area contributed by atoms with Crippen LogP contribution in [0.25, 0.3) is 0 Å². The predicted molar refractivity (Wildman–Crippen MR) is 107 cm³/mol. The summed E-state index contributed by atoms with van der Waals surface area (Å²) in [5.74, 6) is 1.53. The number of hydrogen-bond acceptors (Lipinski definition) is 5. The molecule has 1 rings (SSSR count). The third-order valence-electron chi connectivity index (χ3n) is 4.45. The molecule has 0 aliphatic heterocycles. The first-order valence-corrected chi connectivity index (χ1v) is 9.83. The van der Waals surface area contributed by atoms with Crippen LogP contribution in [0, 0.1) is 5.92 Å².